The first-order valence-electron chi connectivity index (χ1n) is 12.9. The lowest BCUT2D eigenvalue weighted by Gasteiger charge is -2.33. The number of nitrogens with zero attached hydrogens (tertiary/aromatic N) is 2. The molecule has 2 heterocycles. The lowest BCUT2D eigenvalue weighted by molar-refractivity contribution is -0.274. The average molecular weight is 549 g/mol. The van der Waals surface area contributed by atoms with Crippen LogP contribution in [0.25, 0.3) is 0 Å². The molecule has 1 saturated carbocycles. The molecule has 1 aromatic carbocycles. The van der Waals surface area contributed by atoms with E-state index in [2.05, 4.69) is 15.0 Å². The van der Waals surface area contributed by atoms with Gasteiger partial charge in [-0.15, -0.1) is 13.2 Å². The van der Waals surface area contributed by atoms with Gasteiger partial charge in [-0.1, -0.05) is 0 Å². The Bertz CT molecular complexity index is 1190. The van der Waals surface area contributed by atoms with E-state index in [1.807, 2.05) is 6.07 Å². The molecule has 2 amide bonds. The minimum Gasteiger partial charge on any atom is -0.463 e. The first kappa shape index (κ1) is 28.2. The number of anilines is 2. The van der Waals surface area contributed by atoms with Gasteiger partial charge in [0.15, 0.2) is 5.82 Å². The molecule has 0 unspecified atom stereocenters. The predicted octanol–water partition coefficient (Wildman–Crippen LogP) is 4.64. The van der Waals surface area contributed by atoms with Crippen molar-refractivity contribution in [1.29, 1.82) is 0 Å². The monoisotopic (exact) mass is 548 g/mol. The second-order valence-corrected chi connectivity index (χ2v) is 9.87. The van der Waals surface area contributed by atoms with Gasteiger partial charge >= 0.3 is 12.3 Å². The summed E-state index contributed by atoms with van der Waals surface area (Å²) in [6, 6.07) is 6.68. The Balaban J connectivity index is 1.32. The number of benzene rings is 1. The highest BCUT2D eigenvalue weighted by Crippen LogP contribution is 2.35. The first-order chi connectivity index (χ1) is 18.5. The number of hydrogen-bond donors (Lipinski definition) is 2. The van der Waals surface area contributed by atoms with E-state index >= 15 is 0 Å². The summed E-state index contributed by atoms with van der Waals surface area (Å²) in [4.78, 5) is 42.8. The van der Waals surface area contributed by atoms with Crippen molar-refractivity contribution in [2.75, 3.05) is 24.1 Å². The van der Waals surface area contributed by atoms with Crippen LogP contribution in [0.15, 0.2) is 36.5 Å². The van der Waals surface area contributed by atoms with Crippen molar-refractivity contribution >= 4 is 29.3 Å². The van der Waals surface area contributed by atoms with Crippen LogP contribution < -0.4 is 15.8 Å². The maximum atomic E-state index is 12.9. The Morgan fingerprint density at radius 1 is 1.00 bits per heavy atom. The summed E-state index contributed by atoms with van der Waals surface area (Å²) in [5, 5.41) is 2.85. The van der Waals surface area contributed by atoms with E-state index in [1.165, 1.54) is 19.1 Å². The summed E-state index contributed by atoms with van der Waals surface area (Å²) >= 11 is 0. The van der Waals surface area contributed by atoms with Crippen molar-refractivity contribution in [2.45, 2.75) is 63.8 Å². The molecule has 0 bridgehead atoms. The van der Waals surface area contributed by atoms with Gasteiger partial charge in [0.2, 0.25) is 5.91 Å². The molecule has 2 fully saturated rings. The summed E-state index contributed by atoms with van der Waals surface area (Å²) in [6.45, 7) is 2.26. The number of rotatable bonds is 6. The number of halogens is 3. The smallest absolute Gasteiger partial charge is 0.463 e. The molecule has 3 N–H and O–H groups in total. The zero-order valence-corrected chi connectivity index (χ0v) is 21.5. The van der Waals surface area contributed by atoms with Crippen molar-refractivity contribution < 1.29 is 37.0 Å². The number of nitrogen functional groups attached to an aromatic ring is 1. The van der Waals surface area contributed by atoms with Crippen LogP contribution in [0.4, 0.5) is 24.7 Å². The number of alkyl halides is 3. The molecule has 12 heteroatoms. The molecule has 39 heavy (non-hydrogen) atoms. The van der Waals surface area contributed by atoms with Crippen LogP contribution in [-0.4, -0.2) is 53.2 Å². The third kappa shape index (κ3) is 7.39. The minimum atomic E-state index is -4.79. The molecule has 1 saturated heterocycles. The Morgan fingerprint density at radius 3 is 2.23 bits per heavy atom. The summed E-state index contributed by atoms with van der Waals surface area (Å²) in [6.07, 6.45) is 0.372. The van der Waals surface area contributed by atoms with Crippen molar-refractivity contribution in [3.63, 3.8) is 0 Å². The molecule has 1 aliphatic carbocycles. The highest BCUT2D eigenvalue weighted by Gasteiger charge is 2.32. The predicted molar refractivity (Wildman–Crippen MR) is 136 cm³/mol. The number of ether oxygens (including phenoxy) is 2. The van der Waals surface area contributed by atoms with Gasteiger partial charge in [0.1, 0.15) is 11.9 Å². The molecule has 9 nitrogen and oxygen atoms in total. The van der Waals surface area contributed by atoms with Gasteiger partial charge in [-0.05, 0) is 80.3 Å². The zero-order chi connectivity index (χ0) is 28.2. The van der Waals surface area contributed by atoms with Crippen LogP contribution in [0.2, 0.25) is 0 Å². The number of piperidine rings is 1. The molecular formula is C27H31F3N4O5. The van der Waals surface area contributed by atoms with Crippen LogP contribution in [0.5, 0.6) is 5.75 Å². The quantitative estimate of drug-likeness (QED) is 0.504. The van der Waals surface area contributed by atoms with Gasteiger partial charge in [0, 0.05) is 37.7 Å². The molecule has 1 aliphatic heterocycles. The number of nitrogens with two attached hydrogens (primary N) is 1. The van der Waals surface area contributed by atoms with Gasteiger partial charge < -0.3 is 25.4 Å². The lowest BCUT2D eigenvalue weighted by atomic mass is 9.86. The second-order valence-electron chi connectivity index (χ2n) is 9.87. The van der Waals surface area contributed by atoms with Gasteiger partial charge in [-0.25, -0.2) is 4.98 Å². The van der Waals surface area contributed by atoms with E-state index in [4.69, 9.17) is 10.5 Å². The highest BCUT2D eigenvalue weighted by molar-refractivity contribution is 5.95. The summed E-state index contributed by atoms with van der Waals surface area (Å²) in [5.41, 5.74) is 7.92. The lowest BCUT2D eigenvalue weighted by Crippen LogP contribution is -2.38. The van der Waals surface area contributed by atoms with Gasteiger partial charge in [-0.2, -0.15) is 0 Å². The van der Waals surface area contributed by atoms with E-state index in [-0.39, 0.29) is 47.0 Å². The van der Waals surface area contributed by atoms with E-state index in [0.29, 0.717) is 63.1 Å². The Kier molecular flexibility index (Phi) is 8.61. The van der Waals surface area contributed by atoms with Crippen molar-refractivity contribution in [1.82, 2.24) is 9.88 Å². The van der Waals surface area contributed by atoms with Crippen molar-refractivity contribution in [3.05, 3.63) is 47.7 Å². The second kappa shape index (κ2) is 11.9. The summed E-state index contributed by atoms with van der Waals surface area (Å²) in [7, 11) is 0. The third-order valence-electron chi connectivity index (χ3n) is 7.20. The number of carbonyl (C=O) groups is 3. The molecular weight excluding hydrogens is 517 g/mol. The van der Waals surface area contributed by atoms with Crippen LogP contribution in [0.1, 0.15) is 67.3 Å². The van der Waals surface area contributed by atoms with Crippen LogP contribution in [0.3, 0.4) is 0 Å². The maximum Gasteiger partial charge on any atom is 0.573 e. The summed E-state index contributed by atoms with van der Waals surface area (Å²) in [5.74, 6) is -1.01. The molecule has 1 aromatic heterocycles. The standard InChI is InChI=1S/C27H31F3N4O5/c1-16(35)38-20-6-2-18(3-7-20)25(36)33-24-23(31)22(10-13-32-24)17-11-14-34(15-12-17)26(37)19-4-8-21(9-5-19)39-27(28,29)30/h4-5,8-10,13,17-18,20H,2-3,6-7,11-12,14-15,31H2,1H3,(H,32,33,36)/t18-,20-. The molecule has 4 rings (SSSR count). The van der Waals surface area contributed by atoms with Gasteiger partial charge in [0.25, 0.3) is 5.91 Å². The third-order valence-corrected chi connectivity index (χ3v) is 7.20. The largest absolute Gasteiger partial charge is 0.573 e. The fraction of sp³-hybridized carbons (Fsp3) is 0.481. The number of hydrogen-bond acceptors (Lipinski definition) is 7. The highest BCUT2D eigenvalue weighted by atomic mass is 19.4. The number of amides is 2. The number of likely N-dealkylation sites (tertiary alicyclic amines) is 1. The van der Waals surface area contributed by atoms with Crippen LogP contribution in [0, 0.1) is 5.92 Å². The van der Waals surface area contributed by atoms with E-state index < -0.39 is 6.36 Å². The number of nitrogens with one attached hydrogen (secondary N) is 1. The van der Waals surface area contributed by atoms with Crippen LogP contribution in [-0.2, 0) is 14.3 Å². The first-order valence-corrected chi connectivity index (χ1v) is 12.9. The molecule has 0 atom stereocenters. The number of carbonyl (C=O) groups excluding carboxylic acids is 3. The molecule has 0 spiro atoms. The zero-order valence-electron chi connectivity index (χ0n) is 21.5. The summed E-state index contributed by atoms with van der Waals surface area (Å²) < 4.78 is 46.2. The average Bonchev–Trinajstić information content (AvgIpc) is 2.89. The van der Waals surface area contributed by atoms with Crippen molar-refractivity contribution in [3.8, 4) is 5.75 Å². The molecule has 2 aliphatic rings. The van der Waals surface area contributed by atoms with Gasteiger partial charge in [-0.3, -0.25) is 14.4 Å². The molecule has 210 valence electrons. The topological polar surface area (TPSA) is 124 Å². The van der Waals surface area contributed by atoms with E-state index in [9.17, 15) is 27.6 Å². The Labute approximate surface area is 223 Å². The Hall–Kier alpha value is -3.83. The minimum absolute atomic E-state index is 0.0504. The SMILES string of the molecule is CC(=O)O[C@H]1CC[C@H](C(=O)Nc2nccc(C3CCN(C(=O)c4ccc(OC(F)(F)F)cc4)CC3)c2N)CC1. The number of pyridine rings is 1. The normalized spacial score (nSPS) is 20.3. The molecule has 0 radical (unpaired) electrons. The molecule has 2 aromatic rings. The van der Waals surface area contributed by atoms with E-state index in [0.717, 1.165) is 17.7 Å². The fourth-order valence-electron chi connectivity index (χ4n) is 5.22. The maximum absolute atomic E-state index is 12.9. The fourth-order valence-corrected chi connectivity index (χ4v) is 5.22. The number of esters is 1. The van der Waals surface area contributed by atoms with Crippen LogP contribution >= 0.6 is 0 Å². The van der Waals surface area contributed by atoms with Crippen molar-refractivity contribution in [2.24, 2.45) is 5.92 Å². The Morgan fingerprint density at radius 2 is 1.64 bits per heavy atom. The number of aromatic nitrogens is 1. The van der Waals surface area contributed by atoms with E-state index in [1.54, 1.807) is 11.1 Å². The van der Waals surface area contributed by atoms with Gasteiger partial charge in [0.05, 0.1) is 5.69 Å².